The van der Waals surface area contributed by atoms with E-state index in [0.717, 1.165) is 21.7 Å². The minimum absolute atomic E-state index is 0.0278. The zero-order valence-electron chi connectivity index (χ0n) is 55.9. The molecule has 5 aromatic rings. The maximum Gasteiger partial charge on any atom is 0.317 e. The normalized spacial score (nSPS) is 21.1. The second-order valence-corrected chi connectivity index (χ2v) is 25.2. The monoisotopic (exact) mass is 1360 g/mol. The average Bonchev–Trinajstić information content (AvgIpc) is 1.34. The Morgan fingerprint density at radius 1 is 0.551 bits per heavy atom. The molecule has 0 bridgehead atoms. The third-order valence-corrected chi connectivity index (χ3v) is 17.7. The topological polar surface area (TPSA) is 402 Å². The smallest absolute Gasteiger partial charge is 0.317 e. The first kappa shape index (κ1) is 76.0. The first-order valence-electron chi connectivity index (χ1n) is 33.2. The second kappa shape index (κ2) is 37.9. The fraction of sp³-hybridized carbons (Fsp3) is 0.493. The molecule has 8 amide bonds. The number of para-hydroxylation sites is 1. The van der Waals surface area contributed by atoms with Crippen molar-refractivity contribution in [2.45, 2.75) is 107 Å². The van der Waals surface area contributed by atoms with Crippen molar-refractivity contribution in [2.24, 2.45) is 5.73 Å². The number of amides is 8. The van der Waals surface area contributed by atoms with E-state index in [9.17, 15) is 58.8 Å². The number of aromatic nitrogens is 1. The number of nitrogens with one attached hydrogen (secondary N) is 7. The first-order valence-corrected chi connectivity index (χ1v) is 33.2. The third-order valence-electron chi connectivity index (χ3n) is 17.7. The van der Waals surface area contributed by atoms with Crippen molar-refractivity contribution in [2.75, 3.05) is 112 Å². The van der Waals surface area contributed by atoms with E-state index in [1.54, 1.807) is 56.1 Å². The highest BCUT2D eigenvalue weighted by Crippen LogP contribution is 2.23. The van der Waals surface area contributed by atoms with Crippen LogP contribution < -0.4 is 37.6 Å². The molecule has 29 nitrogen and oxygen atoms in total. The van der Waals surface area contributed by atoms with Gasteiger partial charge in [0.05, 0.1) is 38.8 Å². The number of unbranched alkanes of at least 4 members (excludes halogenated alkanes) is 2. The van der Waals surface area contributed by atoms with Gasteiger partial charge in [0, 0.05) is 109 Å². The summed E-state index contributed by atoms with van der Waals surface area (Å²) in [5.41, 5.74) is 8.62. The van der Waals surface area contributed by atoms with Gasteiger partial charge in [0.1, 0.15) is 36.3 Å². The predicted molar refractivity (Wildman–Crippen MR) is 364 cm³/mol. The van der Waals surface area contributed by atoms with Crippen molar-refractivity contribution in [3.63, 3.8) is 0 Å². The van der Waals surface area contributed by atoms with Gasteiger partial charge < -0.3 is 72.8 Å². The molecule has 7 atom stereocenters. The number of aliphatic carboxylic acids is 3. The number of nitrogens with two attached hydrogens (primary N) is 1. The van der Waals surface area contributed by atoms with Crippen molar-refractivity contribution in [3.8, 4) is 0 Å². The van der Waals surface area contributed by atoms with E-state index >= 15 is 14.4 Å². The molecule has 3 heterocycles. The molecular formula is C69H94N14O15. The molecular weight excluding hydrogens is 1260 g/mol. The minimum atomic E-state index is -1.70. The lowest BCUT2D eigenvalue weighted by Gasteiger charge is -2.34. The van der Waals surface area contributed by atoms with E-state index < -0.39 is 108 Å². The molecule has 530 valence electrons. The Morgan fingerprint density at radius 2 is 1.04 bits per heavy atom. The number of hydrogen-bond acceptors (Lipinski definition) is 17. The molecule has 2 aliphatic rings. The number of fused-ring (bicyclic) bond motifs is 2. The highest BCUT2D eigenvalue weighted by Gasteiger charge is 2.39. The Hall–Kier alpha value is -9.39. The summed E-state index contributed by atoms with van der Waals surface area (Å²) in [6, 6.07) is 20.8. The molecule has 0 unspecified atom stereocenters. The molecule has 2 aliphatic heterocycles. The number of carboxylic acid groups (broad SMARTS) is 3. The average molecular weight is 1360 g/mol. The number of carboxylic acids is 3. The number of aliphatic hydroxyl groups is 1. The molecule has 1 aromatic heterocycles. The second-order valence-electron chi connectivity index (χ2n) is 25.2. The molecule has 4 aromatic carbocycles. The van der Waals surface area contributed by atoms with E-state index in [1.165, 1.54) is 30.8 Å². The quantitative estimate of drug-likeness (QED) is 0.0306. The Bertz CT molecular complexity index is 3520. The van der Waals surface area contributed by atoms with Gasteiger partial charge in [0.15, 0.2) is 0 Å². The zero-order chi connectivity index (χ0) is 70.8. The van der Waals surface area contributed by atoms with Gasteiger partial charge in [-0.2, -0.15) is 0 Å². The van der Waals surface area contributed by atoms with Crippen LogP contribution in [0.3, 0.4) is 0 Å². The molecule has 7 rings (SSSR count). The molecule has 98 heavy (non-hydrogen) atoms. The van der Waals surface area contributed by atoms with E-state index in [-0.39, 0.29) is 143 Å². The maximum absolute atomic E-state index is 15.4. The summed E-state index contributed by atoms with van der Waals surface area (Å²) in [7, 11) is 2.83. The fourth-order valence-electron chi connectivity index (χ4n) is 12.2. The van der Waals surface area contributed by atoms with Gasteiger partial charge in [-0.05, 0) is 85.5 Å². The van der Waals surface area contributed by atoms with Crippen LogP contribution in [0.25, 0.3) is 21.7 Å². The molecule has 2 fully saturated rings. The number of nitrogens with zero attached hydrogens (tertiary/aromatic N) is 6. The van der Waals surface area contributed by atoms with E-state index in [2.05, 4.69) is 36.9 Å². The van der Waals surface area contributed by atoms with Crippen LogP contribution in [0, 0.1) is 0 Å². The largest absolute Gasteiger partial charge is 0.480 e. The molecule has 0 radical (unpaired) electrons. The minimum Gasteiger partial charge on any atom is -0.480 e. The van der Waals surface area contributed by atoms with Gasteiger partial charge in [-0.1, -0.05) is 91.0 Å². The Morgan fingerprint density at radius 3 is 1.63 bits per heavy atom. The Kier molecular flexibility index (Phi) is 29.4. The lowest BCUT2D eigenvalue weighted by Crippen LogP contribution is -2.63. The Balaban J connectivity index is 1.12. The number of aliphatic hydroxyl groups excluding tert-OH is 1. The summed E-state index contributed by atoms with van der Waals surface area (Å²) in [6.07, 6.45) is 1.03. The van der Waals surface area contributed by atoms with Crippen LogP contribution in [0.5, 0.6) is 0 Å². The van der Waals surface area contributed by atoms with Crippen LogP contribution in [0.15, 0.2) is 103 Å². The SMILES string of the molecule is C[C@@H](O)[C@@H]1NC(=O)[C@H](CCCCN)NC(=O)[C@@H](Cc2c[nH]c3ccccc23)NC(=O)[C@H](Cc2cccc3ccccc23)NC(=O)[C@H](Cc2ccccc2)N(C)C(=O)[C@H](CCCCNC(=O)CN(C)C(=O)CN2CCN(CC(=O)O)CCN(CC(=O)O)CCN(CC(=O)O)CC2)NC1=O. The number of H-pyrrole nitrogens is 1. The van der Waals surface area contributed by atoms with Crippen LogP contribution in [0.4, 0.5) is 0 Å². The number of hydrogen-bond donors (Lipinski definition) is 12. The van der Waals surface area contributed by atoms with Crippen molar-refractivity contribution in [1.29, 1.82) is 0 Å². The van der Waals surface area contributed by atoms with Gasteiger partial charge in [0.2, 0.25) is 47.3 Å². The molecule has 2 saturated heterocycles. The van der Waals surface area contributed by atoms with Crippen LogP contribution in [-0.2, 0) is 72.0 Å². The van der Waals surface area contributed by atoms with Crippen LogP contribution in [0.1, 0.15) is 62.1 Å². The summed E-state index contributed by atoms with van der Waals surface area (Å²) in [4.78, 5) is 165. The standard InChI is InChI=1S/C69H94N14O15/c1-45(84)63-68(97)74-54(25-12-14-27-71-58(85)40-78(2)59(86)41-80-28-30-81(42-60(87)88)32-34-83(44-62(91)92)35-33-82(31-29-80)43-61(89)90)69(98)79(3)57(36-46-16-5-4-6-17-46)67(96)76-55(37-48-20-15-19-47-18-7-8-21-50(47)48)66(95)75-56(38-49-39-72-52-23-10-9-22-51(49)52)65(94)73-53(64(93)77-63)24-11-13-26-70/h4-10,15-23,39,45,53-57,63,72,84H,11-14,24-38,40-44,70H2,1-3H3,(H,71,85)(H,73,94)(H,74,97)(H,75,95)(H,76,96)(H,77,93)(H,87,88)(H,89,90)(H,91,92)/t45-,53+,54+,55+,56-,57+,63+/m1/s1. The van der Waals surface area contributed by atoms with Gasteiger partial charge in [-0.25, -0.2) is 0 Å². The molecule has 29 heteroatoms. The van der Waals surface area contributed by atoms with Gasteiger partial charge in [-0.3, -0.25) is 72.3 Å². The fourth-order valence-corrected chi connectivity index (χ4v) is 12.2. The van der Waals surface area contributed by atoms with Gasteiger partial charge in [-0.15, -0.1) is 0 Å². The summed E-state index contributed by atoms with van der Waals surface area (Å²) in [6.45, 7) is 1.44. The van der Waals surface area contributed by atoms with Crippen molar-refractivity contribution >= 4 is 86.8 Å². The lowest BCUT2D eigenvalue weighted by atomic mass is 9.96. The van der Waals surface area contributed by atoms with Crippen LogP contribution in [0.2, 0.25) is 0 Å². The van der Waals surface area contributed by atoms with E-state index in [4.69, 9.17) is 5.73 Å². The summed E-state index contributed by atoms with van der Waals surface area (Å²) >= 11 is 0. The summed E-state index contributed by atoms with van der Waals surface area (Å²) < 4.78 is 0. The number of carbonyl (C=O) groups is 11. The third kappa shape index (κ3) is 23.4. The lowest BCUT2D eigenvalue weighted by molar-refractivity contribution is -0.143. The van der Waals surface area contributed by atoms with Crippen LogP contribution >= 0.6 is 0 Å². The van der Waals surface area contributed by atoms with Crippen molar-refractivity contribution in [1.82, 2.24) is 66.3 Å². The molecule has 0 saturated carbocycles. The number of likely N-dealkylation sites (N-methyl/N-ethyl adjacent to an activating group) is 2. The first-order chi connectivity index (χ1) is 47.0. The van der Waals surface area contributed by atoms with Gasteiger partial charge in [0.25, 0.3) is 0 Å². The summed E-state index contributed by atoms with van der Waals surface area (Å²) in [5, 5.41) is 59.4. The van der Waals surface area contributed by atoms with Gasteiger partial charge >= 0.3 is 17.9 Å². The molecule has 0 spiro atoms. The zero-order valence-corrected chi connectivity index (χ0v) is 55.9. The maximum atomic E-state index is 15.4. The Labute approximate surface area is 569 Å². The van der Waals surface area contributed by atoms with Crippen molar-refractivity contribution in [3.05, 3.63) is 120 Å². The van der Waals surface area contributed by atoms with Crippen LogP contribution in [-0.4, -0.2) is 275 Å². The predicted octanol–water partition coefficient (Wildman–Crippen LogP) is -0.656. The number of benzene rings is 4. The van der Waals surface area contributed by atoms with E-state index in [0.29, 0.717) is 29.5 Å². The molecule has 13 N–H and O–H groups in total. The number of carbonyl (C=O) groups excluding carboxylic acids is 8. The van der Waals surface area contributed by atoms with Crippen molar-refractivity contribution < 1.29 is 73.2 Å². The summed E-state index contributed by atoms with van der Waals surface area (Å²) in [5.74, 6) is -9.12. The van der Waals surface area contributed by atoms with E-state index in [1.807, 2.05) is 66.7 Å². The highest BCUT2D eigenvalue weighted by atomic mass is 16.4. The number of rotatable bonds is 26. The number of aromatic amines is 1. The highest BCUT2D eigenvalue weighted by molar-refractivity contribution is 5.99. The molecule has 0 aliphatic carbocycles.